The molecule has 0 fully saturated rings. The fraction of sp³-hybridized carbons (Fsp3) is 0.182. The lowest BCUT2D eigenvalue weighted by Crippen LogP contribution is -2.03. The van der Waals surface area contributed by atoms with Gasteiger partial charge in [0.15, 0.2) is 0 Å². The first-order valence-corrected chi connectivity index (χ1v) is 8.54. The van der Waals surface area contributed by atoms with Crippen LogP contribution in [0.2, 0.25) is 0 Å². The molecule has 0 spiro atoms. The molecule has 0 aliphatic carbocycles. The summed E-state index contributed by atoms with van der Waals surface area (Å²) in [4.78, 5) is 9.47. The maximum atomic E-state index is 4.96. The third-order valence-corrected chi connectivity index (χ3v) is 4.56. The number of benzene rings is 2. The van der Waals surface area contributed by atoms with E-state index < -0.39 is 0 Å². The number of nitrogens with zero attached hydrogens (tertiary/aromatic N) is 3. The number of rotatable bonds is 2. The van der Waals surface area contributed by atoms with E-state index in [4.69, 9.17) is 4.98 Å². The molecule has 0 unspecified atom stereocenters. The summed E-state index contributed by atoms with van der Waals surface area (Å²) >= 11 is 0. The van der Waals surface area contributed by atoms with Crippen LogP contribution in [0.4, 0.5) is 0 Å². The van der Waals surface area contributed by atoms with E-state index in [0.717, 1.165) is 33.8 Å². The van der Waals surface area contributed by atoms with Crippen LogP contribution < -0.4 is 0 Å². The minimum atomic E-state index is 0.965. The van der Waals surface area contributed by atoms with Gasteiger partial charge in [0, 0.05) is 17.0 Å². The van der Waals surface area contributed by atoms with E-state index in [-0.39, 0.29) is 0 Å². The molecule has 4 rings (SSSR count). The molecule has 3 nitrogen and oxygen atoms in total. The Labute approximate surface area is 148 Å². The minimum absolute atomic E-state index is 0.965. The number of aryl methyl sites for hydroxylation is 4. The topological polar surface area (TPSA) is 30.7 Å². The molecule has 2 aromatic heterocycles. The van der Waals surface area contributed by atoms with Crippen molar-refractivity contribution in [1.82, 2.24) is 14.5 Å². The number of pyridine rings is 1. The highest BCUT2D eigenvalue weighted by molar-refractivity contribution is 5.84. The van der Waals surface area contributed by atoms with Crippen molar-refractivity contribution in [1.29, 1.82) is 0 Å². The highest BCUT2D eigenvalue weighted by atomic mass is 15.1. The lowest BCUT2D eigenvalue weighted by Gasteiger charge is -2.15. The summed E-state index contributed by atoms with van der Waals surface area (Å²) in [6, 6.07) is 19.0. The van der Waals surface area contributed by atoms with Gasteiger partial charge < -0.3 is 0 Å². The summed E-state index contributed by atoms with van der Waals surface area (Å²) in [6.07, 6.45) is 0. The van der Waals surface area contributed by atoms with Gasteiger partial charge in [-0.2, -0.15) is 0 Å². The minimum Gasteiger partial charge on any atom is -0.292 e. The molecule has 25 heavy (non-hydrogen) atoms. The monoisotopic (exact) mass is 327 g/mol. The third kappa shape index (κ3) is 2.62. The SMILES string of the molecule is Cc1cc(-c2nc3ccccc3n2-c2c(C)cccc2C)cc(C)n1. The van der Waals surface area contributed by atoms with Crippen molar-refractivity contribution < 1.29 is 0 Å². The molecule has 0 aliphatic rings. The number of para-hydroxylation sites is 3. The van der Waals surface area contributed by atoms with Gasteiger partial charge in [0.05, 0.1) is 16.7 Å². The predicted molar refractivity (Wildman–Crippen MR) is 103 cm³/mol. The van der Waals surface area contributed by atoms with E-state index in [9.17, 15) is 0 Å². The predicted octanol–water partition coefficient (Wildman–Crippen LogP) is 5.32. The third-order valence-electron chi connectivity index (χ3n) is 4.56. The zero-order valence-corrected chi connectivity index (χ0v) is 15.0. The Balaban J connectivity index is 2.12. The fourth-order valence-electron chi connectivity index (χ4n) is 3.57. The van der Waals surface area contributed by atoms with E-state index in [1.54, 1.807) is 0 Å². The number of imidazole rings is 1. The molecule has 0 atom stereocenters. The summed E-state index contributed by atoms with van der Waals surface area (Å²) < 4.78 is 2.29. The van der Waals surface area contributed by atoms with Crippen LogP contribution in [-0.2, 0) is 0 Å². The smallest absolute Gasteiger partial charge is 0.145 e. The second-order valence-corrected chi connectivity index (χ2v) is 6.64. The van der Waals surface area contributed by atoms with Crippen molar-refractivity contribution in [3.8, 4) is 17.1 Å². The van der Waals surface area contributed by atoms with Crippen LogP contribution in [0, 0.1) is 27.7 Å². The van der Waals surface area contributed by atoms with Gasteiger partial charge in [-0.25, -0.2) is 4.98 Å². The van der Waals surface area contributed by atoms with Crippen molar-refractivity contribution >= 4 is 11.0 Å². The molecule has 0 saturated heterocycles. The molecule has 0 N–H and O–H groups in total. The summed E-state index contributed by atoms with van der Waals surface area (Å²) in [5.41, 5.74) is 8.94. The quantitative estimate of drug-likeness (QED) is 0.499. The van der Waals surface area contributed by atoms with Crippen LogP contribution in [-0.4, -0.2) is 14.5 Å². The second kappa shape index (κ2) is 5.85. The normalized spacial score (nSPS) is 11.2. The molecule has 4 aromatic rings. The highest BCUT2D eigenvalue weighted by Crippen LogP contribution is 2.32. The Morgan fingerprint density at radius 1 is 0.720 bits per heavy atom. The molecule has 0 amide bonds. The van der Waals surface area contributed by atoms with Crippen LogP contribution in [0.1, 0.15) is 22.5 Å². The fourth-order valence-corrected chi connectivity index (χ4v) is 3.57. The van der Waals surface area contributed by atoms with Crippen molar-refractivity contribution in [3.63, 3.8) is 0 Å². The Hall–Kier alpha value is -2.94. The van der Waals surface area contributed by atoms with E-state index >= 15 is 0 Å². The van der Waals surface area contributed by atoms with Gasteiger partial charge >= 0.3 is 0 Å². The van der Waals surface area contributed by atoms with Crippen molar-refractivity contribution in [2.24, 2.45) is 0 Å². The summed E-state index contributed by atoms with van der Waals surface area (Å²) in [6.45, 7) is 8.37. The maximum absolute atomic E-state index is 4.96. The van der Waals surface area contributed by atoms with Gasteiger partial charge in [0.2, 0.25) is 0 Å². The molecule has 0 radical (unpaired) electrons. The van der Waals surface area contributed by atoms with Crippen LogP contribution in [0.5, 0.6) is 0 Å². The van der Waals surface area contributed by atoms with Crippen LogP contribution in [0.15, 0.2) is 54.6 Å². The summed E-state index contributed by atoms with van der Waals surface area (Å²) in [5, 5.41) is 0. The zero-order chi connectivity index (χ0) is 17.6. The van der Waals surface area contributed by atoms with Gasteiger partial charge in [-0.1, -0.05) is 30.3 Å². The average molecular weight is 327 g/mol. The number of hydrogen-bond donors (Lipinski definition) is 0. The Morgan fingerprint density at radius 2 is 1.36 bits per heavy atom. The Morgan fingerprint density at radius 3 is 2.04 bits per heavy atom. The zero-order valence-electron chi connectivity index (χ0n) is 15.0. The van der Waals surface area contributed by atoms with Crippen LogP contribution in [0.25, 0.3) is 28.1 Å². The first-order valence-electron chi connectivity index (χ1n) is 8.54. The average Bonchev–Trinajstić information content (AvgIpc) is 2.93. The van der Waals surface area contributed by atoms with E-state index in [1.807, 2.05) is 19.9 Å². The molecule has 3 heteroatoms. The van der Waals surface area contributed by atoms with Gasteiger partial charge in [0.1, 0.15) is 5.82 Å². The molecule has 0 saturated carbocycles. The molecular formula is C22H21N3. The molecule has 2 aromatic carbocycles. The number of fused-ring (bicyclic) bond motifs is 1. The molecule has 0 bridgehead atoms. The van der Waals surface area contributed by atoms with Gasteiger partial charge in [-0.05, 0) is 63.1 Å². The van der Waals surface area contributed by atoms with E-state index in [1.165, 1.54) is 16.8 Å². The van der Waals surface area contributed by atoms with Crippen molar-refractivity contribution in [2.75, 3.05) is 0 Å². The van der Waals surface area contributed by atoms with Gasteiger partial charge in [-0.15, -0.1) is 0 Å². The molecule has 2 heterocycles. The van der Waals surface area contributed by atoms with Gasteiger partial charge in [-0.3, -0.25) is 9.55 Å². The largest absolute Gasteiger partial charge is 0.292 e. The number of hydrogen-bond acceptors (Lipinski definition) is 2. The van der Waals surface area contributed by atoms with Crippen molar-refractivity contribution in [3.05, 3.63) is 77.1 Å². The maximum Gasteiger partial charge on any atom is 0.145 e. The molecule has 0 aliphatic heterocycles. The summed E-state index contributed by atoms with van der Waals surface area (Å²) in [7, 11) is 0. The first kappa shape index (κ1) is 15.6. The first-order chi connectivity index (χ1) is 12.0. The Bertz CT molecular complexity index is 1050. The molecule has 124 valence electrons. The van der Waals surface area contributed by atoms with Gasteiger partial charge in [0.25, 0.3) is 0 Å². The van der Waals surface area contributed by atoms with E-state index in [2.05, 4.69) is 71.9 Å². The van der Waals surface area contributed by atoms with Crippen LogP contribution in [0.3, 0.4) is 0 Å². The lowest BCUT2D eigenvalue weighted by atomic mass is 10.1. The Kier molecular flexibility index (Phi) is 3.65. The number of aromatic nitrogens is 3. The lowest BCUT2D eigenvalue weighted by molar-refractivity contribution is 1.05. The highest BCUT2D eigenvalue weighted by Gasteiger charge is 2.17. The van der Waals surface area contributed by atoms with Crippen molar-refractivity contribution in [2.45, 2.75) is 27.7 Å². The summed E-state index contributed by atoms with van der Waals surface area (Å²) in [5.74, 6) is 0.965. The molecular weight excluding hydrogens is 306 g/mol. The second-order valence-electron chi connectivity index (χ2n) is 6.64. The van der Waals surface area contributed by atoms with Crippen LogP contribution >= 0.6 is 0 Å². The standard InChI is InChI=1S/C22H21N3/c1-14-8-7-9-15(2)21(14)25-20-11-6-5-10-19(20)24-22(25)18-12-16(3)23-17(4)13-18/h5-13H,1-4H3. The van der Waals surface area contributed by atoms with E-state index in [0.29, 0.717) is 0 Å².